The number of hydrogen-bond donors (Lipinski definition) is 1. The minimum Gasteiger partial charge on any atom is -0.507 e. The van der Waals surface area contributed by atoms with Crippen molar-refractivity contribution in [3.8, 4) is 23.0 Å². The van der Waals surface area contributed by atoms with Crippen molar-refractivity contribution in [1.29, 1.82) is 0 Å². The molecule has 0 saturated heterocycles. The second-order valence-corrected chi connectivity index (χ2v) is 39.9. The van der Waals surface area contributed by atoms with Crippen LogP contribution in [0.5, 0.6) is 23.0 Å². The molecule has 512 valence electrons. The molecule has 0 spiro atoms. The van der Waals surface area contributed by atoms with E-state index in [2.05, 4.69) is 319 Å². The number of aryl methyl sites for hydroxylation is 2. The Morgan fingerprint density at radius 1 is 0.344 bits per heavy atom. The van der Waals surface area contributed by atoms with Crippen molar-refractivity contribution in [2.75, 3.05) is 6.61 Å². The van der Waals surface area contributed by atoms with Crippen LogP contribution in [-0.2, 0) is 66.0 Å². The van der Waals surface area contributed by atoms with Crippen molar-refractivity contribution in [1.82, 2.24) is 0 Å². The van der Waals surface area contributed by atoms with E-state index in [1.165, 1.54) is 44.5 Å². The predicted octanol–water partition coefficient (Wildman–Crippen LogP) is 26.1. The normalized spacial score (nSPS) is 13.6. The minimum atomic E-state index is -1.89. The standard InChI is InChI=1S/C42H61O4P.C42H63O3P/c1-26-20-27(21-32(35(26)43)40(8,9)10)18-17-19-44-47-45-36-30(22-28(38(2,3)4)24-33(36)41(11,12)13)31-23-29(39(5,6)7)25-34(37(31)46-47)42(14,15)16;1-37(2,3)28-19-22-34(31(25-28)40(10,11)12)43-46(44-35-23-20-29(38(4,5)6)26-32(35)41(13,14)15)45-36-24-21-30(39(7,8)9)27-33(36)42(16,17)18/h20-25,43H,17-19H2,1-16H3;19-27H,1-18H3. The lowest BCUT2D eigenvalue weighted by molar-refractivity contribution is 0.363. The zero-order chi connectivity index (χ0) is 70.7. The van der Waals surface area contributed by atoms with Gasteiger partial charge in [0.25, 0.3) is 0 Å². The Bertz CT molecular complexity index is 3540. The van der Waals surface area contributed by atoms with Crippen LogP contribution in [0.4, 0.5) is 0 Å². The summed E-state index contributed by atoms with van der Waals surface area (Å²) in [6, 6.07) is 33.2. The number of fused-ring (bicyclic) bond motifs is 3. The van der Waals surface area contributed by atoms with E-state index in [4.69, 9.17) is 26.5 Å². The average molecular weight is 1310 g/mol. The van der Waals surface area contributed by atoms with Gasteiger partial charge in [-0.05, 0) is 154 Å². The lowest BCUT2D eigenvalue weighted by atomic mass is 9.77. The lowest BCUT2D eigenvalue weighted by Gasteiger charge is -2.31. The second-order valence-electron chi connectivity index (χ2n) is 37.8. The number of benzene rings is 6. The molecule has 6 aromatic carbocycles. The highest BCUT2D eigenvalue weighted by Gasteiger charge is 2.35. The van der Waals surface area contributed by atoms with Crippen LogP contribution in [0.2, 0.25) is 0 Å². The SMILES string of the molecule is CC(C)(C)c1ccc(OP(Oc2ccc(C(C)(C)C)cc2C(C)(C)C)Oc2ccc(C(C)(C)C)cc2C(C)(C)C)c(C(C)(C)C)c1.Cc1cc(CCCOp2oc3c(C(C)(C)C)cc(C(C)(C)C)cc3c3cc(C(C)(C)C)cc(C(C)(C)C)c3o2)cc(C(C)(C)C)c1O. The van der Waals surface area contributed by atoms with Crippen LogP contribution in [-0.4, -0.2) is 11.7 Å². The zero-order valence-corrected chi connectivity index (χ0v) is 66.4. The Labute approximate surface area is 568 Å². The molecule has 0 fully saturated rings. The third-order valence-electron chi connectivity index (χ3n) is 17.6. The fourth-order valence-electron chi connectivity index (χ4n) is 11.3. The molecule has 9 heteroatoms. The molecule has 0 aliphatic rings. The summed E-state index contributed by atoms with van der Waals surface area (Å²) in [7, 11) is -3.62. The van der Waals surface area contributed by atoms with Crippen LogP contribution in [0.3, 0.4) is 0 Å². The monoisotopic (exact) mass is 1310 g/mol. The molecule has 7 nitrogen and oxygen atoms in total. The molecule has 0 atom stereocenters. The number of rotatable bonds is 11. The average Bonchev–Trinajstić information content (AvgIpc) is 1.72. The van der Waals surface area contributed by atoms with Crippen molar-refractivity contribution in [2.45, 2.75) is 308 Å². The summed E-state index contributed by atoms with van der Waals surface area (Å²) < 4.78 is 41.0. The van der Waals surface area contributed by atoms with Crippen molar-refractivity contribution >= 4 is 38.8 Å². The van der Waals surface area contributed by atoms with E-state index in [0.29, 0.717) is 12.4 Å². The van der Waals surface area contributed by atoms with Crippen molar-refractivity contribution in [3.05, 3.63) is 163 Å². The van der Waals surface area contributed by atoms with E-state index in [9.17, 15) is 5.11 Å². The van der Waals surface area contributed by atoms with Crippen LogP contribution in [0, 0.1) is 6.92 Å². The molecule has 0 amide bonds. The third-order valence-corrected chi connectivity index (χ3v) is 19.7. The first-order chi connectivity index (χ1) is 41.9. The highest BCUT2D eigenvalue weighted by atomic mass is 31.2. The van der Waals surface area contributed by atoms with Gasteiger partial charge in [0.1, 0.15) is 34.2 Å². The van der Waals surface area contributed by atoms with E-state index in [0.717, 1.165) is 79.8 Å². The highest BCUT2D eigenvalue weighted by Crippen LogP contribution is 2.52. The van der Waals surface area contributed by atoms with Gasteiger partial charge in [-0.15, -0.1) is 0 Å². The molecule has 7 rings (SSSR count). The number of aromatic hydroxyl groups is 1. The van der Waals surface area contributed by atoms with Crippen LogP contribution < -0.4 is 18.1 Å². The topological polar surface area (TPSA) is 83.4 Å². The van der Waals surface area contributed by atoms with E-state index < -0.39 is 16.8 Å². The van der Waals surface area contributed by atoms with E-state index in [-0.39, 0.29) is 59.6 Å². The van der Waals surface area contributed by atoms with E-state index in [1.54, 1.807) is 0 Å². The molecule has 0 radical (unpaired) electrons. The van der Waals surface area contributed by atoms with Gasteiger partial charge >= 0.3 is 16.8 Å². The zero-order valence-electron chi connectivity index (χ0n) is 64.6. The second kappa shape index (κ2) is 27.0. The molecule has 0 bridgehead atoms. The van der Waals surface area contributed by atoms with Gasteiger partial charge in [-0.3, -0.25) is 4.52 Å². The van der Waals surface area contributed by atoms with Gasteiger partial charge < -0.3 is 27.1 Å². The first-order valence-corrected chi connectivity index (χ1v) is 36.4. The Morgan fingerprint density at radius 3 is 0.914 bits per heavy atom. The minimum absolute atomic E-state index is 0.0170. The summed E-state index contributed by atoms with van der Waals surface area (Å²) in [5.41, 5.74) is 16.0. The summed E-state index contributed by atoms with van der Waals surface area (Å²) in [6.07, 6.45) is 1.65. The van der Waals surface area contributed by atoms with E-state index >= 15 is 0 Å². The van der Waals surface area contributed by atoms with Gasteiger partial charge in [0.2, 0.25) is 0 Å². The van der Waals surface area contributed by atoms with Crippen molar-refractivity contribution in [2.24, 2.45) is 0 Å². The maximum atomic E-state index is 10.7. The van der Waals surface area contributed by atoms with Gasteiger partial charge in [-0.2, -0.15) is 0 Å². The first kappa shape index (κ1) is 76.8. The molecule has 0 aliphatic heterocycles. The molecule has 0 saturated carbocycles. The number of phenols is 1. The lowest BCUT2D eigenvalue weighted by Crippen LogP contribution is -2.20. The predicted molar refractivity (Wildman–Crippen MR) is 403 cm³/mol. The molecular formula is C84H124O7P2. The van der Waals surface area contributed by atoms with Crippen LogP contribution >= 0.6 is 16.8 Å². The Balaban J connectivity index is 0.000000295. The Hall–Kier alpha value is -5.19. The summed E-state index contributed by atoms with van der Waals surface area (Å²) in [4.78, 5) is 0. The molecule has 7 aromatic rings. The largest absolute Gasteiger partial charge is 0.530 e. The highest BCUT2D eigenvalue weighted by molar-refractivity contribution is 7.43. The quantitative estimate of drug-likeness (QED) is 0.102. The summed E-state index contributed by atoms with van der Waals surface area (Å²) in [5, 5.41) is 12.9. The van der Waals surface area contributed by atoms with E-state index in [1.807, 2.05) is 6.92 Å². The molecule has 1 aromatic heterocycles. The van der Waals surface area contributed by atoms with Crippen molar-refractivity contribution < 1.29 is 31.6 Å². The van der Waals surface area contributed by atoms with Crippen molar-refractivity contribution in [3.63, 3.8) is 0 Å². The van der Waals surface area contributed by atoms with Gasteiger partial charge in [0.05, 0.1) is 6.61 Å². The fraction of sp³-hybridized carbons (Fsp3) is 0.571. The molecule has 0 aliphatic carbocycles. The van der Waals surface area contributed by atoms with Gasteiger partial charge in [-0.1, -0.05) is 289 Å². The molecule has 1 heterocycles. The number of phenolic OH excluding ortho intramolecular Hbond substituents is 1. The Kier molecular flexibility index (Phi) is 22.3. The first-order valence-electron chi connectivity index (χ1n) is 34.2. The van der Waals surface area contributed by atoms with Gasteiger partial charge in [0.15, 0.2) is 0 Å². The Morgan fingerprint density at radius 2 is 0.634 bits per heavy atom. The van der Waals surface area contributed by atoms with Crippen LogP contribution in [0.25, 0.3) is 21.9 Å². The summed E-state index contributed by atoms with van der Waals surface area (Å²) in [5.74, 6) is 2.77. The number of hydrogen-bond acceptors (Lipinski definition) is 7. The van der Waals surface area contributed by atoms with Crippen LogP contribution in [0.15, 0.2) is 99.4 Å². The van der Waals surface area contributed by atoms with Crippen LogP contribution in [0.1, 0.15) is 307 Å². The molecule has 93 heavy (non-hydrogen) atoms. The third kappa shape index (κ3) is 19.5. The summed E-state index contributed by atoms with van der Waals surface area (Å²) in [6.45, 7) is 76.4. The maximum Gasteiger partial charge on any atom is 0.530 e. The molecular weight excluding hydrogens is 1180 g/mol. The molecule has 1 N–H and O–H groups in total. The smallest absolute Gasteiger partial charge is 0.507 e. The van der Waals surface area contributed by atoms with Gasteiger partial charge in [-0.25, -0.2) is 0 Å². The molecule has 0 unspecified atom stereocenters. The maximum absolute atomic E-state index is 10.7. The summed E-state index contributed by atoms with van der Waals surface area (Å²) >= 11 is 0. The fourth-order valence-corrected chi connectivity index (χ4v) is 13.5. The van der Waals surface area contributed by atoms with Gasteiger partial charge in [0, 0.05) is 38.6 Å².